The summed E-state index contributed by atoms with van der Waals surface area (Å²) in [6.45, 7) is 6.83. The minimum absolute atomic E-state index is 0.00943. The average molecular weight is 394 g/mol. The van der Waals surface area contributed by atoms with E-state index in [4.69, 9.17) is 0 Å². The van der Waals surface area contributed by atoms with Crippen molar-refractivity contribution in [2.75, 3.05) is 50.7 Å². The molecule has 0 saturated carbocycles. The van der Waals surface area contributed by atoms with E-state index in [2.05, 4.69) is 49.7 Å². The highest BCUT2D eigenvalue weighted by atomic mass is 16.1. The number of nitrogens with one attached hydrogen (secondary N) is 2. The molecule has 0 radical (unpaired) electrons. The zero-order chi connectivity index (χ0) is 19.9. The van der Waals surface area contributed by atoms with Gasteiger partial charge in [0.25, 0.3) is 5.91 Å². The zero-order valence-electron chi connectivity index (χ0n) is 17.0. The summed E-state index contributed by atoms with van der Waals surface area (Å²) in [6, 6.07) is 14.5. The summed E-state index contributed by atoms with van der Waals surface area (Å²) in [5, 5.41) is 6.64. The van der Waals surface area contributed by atoms with Crippen LogP contribution >= 0.6 is 0 Å². The molecule has 6 heteroatoms. The van der Waals surface area contributed by atoms with Gasteiger partial charge in [0.15, 0.2) is 0 Å². The van der Waals surface area contributed by atoms with Crippen molar-refractivity contribution in [3.63, 3.8) is 0 Å². The Hall–Kier alpha value is -2.44. The fraction of sp³-hybridized carbons (Fsp3) is 0.478. The minimum atomic E-state index is -0.00943. The van der Waals surface area contributed by atoms with E-state index in [0.29, 0.717) is 5.56 Å². The van der Waals surface area contributed by atoms with Gasteiger partial charge < -0.3 is 20.4 Å². The van der Waals surface area contributed by atoms with Crippen LogP contribution in [0.1, 0.15) is 41.2 Å². The molecule has 0 bridgehead atoms. The van der Waals surface area contributed by atoms with Crippen LogP contribution in [0.25, 0.3) is 0 Å². The van der Waals surface area contributed by atoms with E-state index < -0.39 is 0 Å². The van der Waals surface area contributed by atoms with E-state index in [1.165, 1.54) is 31.5 Å². The average Bonchev–Trinajstić information content (AvgIpc) is 3.31. The number of aromatic nitrogens is 1. The first-order chi connectivity index (χ1) is 14.3. The Morgan fingerprint density at radius 2 is 1.97 bits per heavy atom. The summed E-state index contributed by atoms with van der Waals surface area (Å²) in [5.41, 5.74) is 1.97. The zero-order valence-corrected chi connectivity index (χ0v) is 17.0. The second-order valence-corrected chi connectivity index (χ2v) is 7.92. The molecule has 2 aliphatic heterocycles. The molecule has 2 aliphatic rings. The first kappa shape index (κ1) is 19.9. The summed E-state index contributed by atoms with van der Waals surface area (Å²) in [5.74, 6) is 0.863. The van der Waals surface area contributed by atoms with Crippen LogP contribution in [0.5, 0.6) is 0 Å². The SMILES string of the molecule is O=C(NCCCN1CCCC1)c1ccnc(N2CCNC(c3ccccc3)C2)c1. The minimum Gasteiger partial charge on any atom is -0.353 e. The van der Waals surface area contributed by atoms with Gasteiger partial charge in [-0.25, -0.2) is 4.98 Å². The quantitative estimate of drug-likeness (QED) is 0.708. The molecule has 1 atom stereocenters. The molecule has 1 aromatic heterocycles. The second-order valence-electron chi connectivity index (χ2n) is 7.92. The number of carbonyl (C=O) groups is 1. The Labute approximate surface area is 173 Å². The molecule has 1 unspecified atom stereocenters. The van der Waals surface area contributed by atoms with Crippen LogP contribution in [-0.2, 0) is 0 Å². The van der Waals surface area contributed by atoms with Gasteiger partial charge in [-0.15, -0.1) is 0 Å². The number of pyridine rings is 1. The third-order valence-electron chi connectivity index (χ3n) is 5.84. The van der Waals surface area contributed by atoms with Gasteiger partial charge in [0.2, 0.25) is 0 Å². The van der Waals surface area contributed by atoms with Crippen LogP contribution in [0.3, 0.4) is 0 Å². The monoisotopic (exact) mass is 393 g/mol. The van der Waals surface area contributed by atoms with Crippen molar-refractivity contribution in [1.82, 2.24) is 20.5 Å². The molecular formula is C23H31N5O. The lowest BCUT2D eigenvalue weighted by atomic mass is 10.0. The first-order valence-electron chi connectivity index (χ1n) is 10.8. The number of rotatable bonds is 7. The molecular weight excluding hydrogens is 362 g/mol. The van der Waals surface area contributed by atoms with Gasteiger partial charge in [0.05, 0.1) is 0 Å². The van der Waals surface area contributed by atoms with Crippen LogP contribution in [0.4, 0.5) is 5.82 Å². The number of benzene rings is 1. The van der Waals surface area contributed by atoms with E-state index in [0.717, 1.165) is 45.0 Å². The molecule has 1 amide bonds. The van der Waals surface area contributed by atoms with Crippen molar-refractivity contribution in [2.45, 2.75) is 25.3 Å². The molecule has 6 nitrogen and oxygen atoms in total. The van der Waals surface area contributed by atoms with Crippen LogP contribution < -0.4 is 15.5 Å². The molecule has 4 rings (SSSR count). The molecule has 2 N–H and O–H groups in total. The maximum Gasteiger partial charge on any atom is 0.251 e. The van der Waals surface area contributed by atoms with Crippen molar-refractivity contribution in [1.29, 1.82) is 0 Å². The van der Waals surface area contributed by atoms with Gasteiger partial charge in [-0.1, -0.05) is 30.3 Å². The molecule has 29 heavy (non-hydrogen) atoms. The van der Waals surface area contributed by atoms with E-state index in [1.54, 1.807) is 12.3 Å². The predicted octanol–water partition coefficient (Wildman–Crippen LogP) is 2.45. The Morgan fingerprint density at radius 1 is 1.14 bits per heavy atom. The van der Waals surface area contributed by atoms with Crippen LogP contribution in [0.15, 0.2) is 48.7 Å². The van der Waals surface area contributed by atoms with Gasteiger partial charge in [0, 0.05) is 44.0 Å². The second kappa shape index (κ2) is 9.85. The number of carbonyl (C=O) groups excluding carboxylic acids is 1. The molecule has 1 aromatic carbocycles. The summed E-state index contributed by atoms with van der Waals surface area (Å²) in [6.07, 6.45) is 5.36. The van der Waals surface area contributed by atoms with Gasteiger partial charge in [-0.3, -0.25) is 4.79 Å². The molecule has 0 aliphatic carbocycles. The molecule has 0 spiro atoms. The van der Waals surface area contributed by atoms with E-state index in [1.807, 2.05) is 12.1 Å². The van der Waals surface area contributed by atoms with Crippen LogP contribution in [0, 0.1) is 0 Å². The smallest absolute Gasteiger partial charge is 0.251 e. The largest absolute Gasteiger partial charge is 0.353 e. The van der Waals surface area contributed by atoms with E-state index in [-0.39, 0.29) is 11.9 Å². The maximum atomic E-state index is 12.6. The molecule has 154 valence electrons. The Kier molecular flexibility index (Phi) is 6.75. The van der Waals surface area contributed by atoms with E-state index >= 15 is 0 Å². The number of nitrogens with zero attached hydrogens (tertiary/aromatic N) is 3. The Morgan fingerprint density at radius 3 is 2.79 bits per heavy atom. The lowest BCUT2D eigenvalue weighted by Crippen LogP contribution is -2.46. The number of piperazine rings is 1. The predicted molar refractivity (Wildman–Crippen MR) is 116 cm³/mol. The number of hydrogen-bond donors (Lipinski definition) is 2. The summed E-state index contributed by atoms with van der Waals surface area (Å²) >= 11 is 0. The third-order valence-corrected chi connectivity index (χ3v) is 5.84. The maximum absolute atomic E-state index is 12.6. The Bertz CT molecular complexity index is 791. The van der Waals surface area contributed by atoms with Crippen LogP contribution in [-0.4, -0.2) is 61.6 Å². The summed E-state index contributed by atoms with van der Waals surface area (Å²) in [7, 11) is 0. The van der Waals surface area contributed by atoms with Crippen molar-refractivity contribution in [3.8, 4) is 0 Å². The first-order valence-corrected chi connectivity index (χ1v) is 10.8. The van der Waals surface area contributed by atoms with Crippen molar-refractivity contribution in [3.05, 3.63) is 59.8 Å². The van der Waals surface area contributed by atoms with E-state index in [9.17, 15) is 4.79 Å². The molecule has 2 fully saturated rings. The molecule has 2 saturated heterocycles. The van der Waals surface area contributed by atoms with Gasteiger partial charge >= 0.3 is 0 Å². The highest BCUT2D eigenvalue weighted by Crippen LogP contribution is 2.21. The lowest BCUT2D eigenvalue weighted by Gasteiger charge is -2.34. The van der Waals surface area contributed by atoms with Gasteiger partial charge in [0.1, 0.15) is 5.82 Å². The molecule has 2 aromatic rings. The van der Waals surface area contributed by atoms with Gasteiger partial charge in [-0.05, 0) is 56.6 Å². The highest BCUT2D eigenvalue weighted by molar-refractivity contribution is 5.94. The van der Waals surface area contributed by atoms with Crippen molar-refractivity contribution >= 4 is 11.7 Å². The Balaban J connectivity index is 1.32. The van der Waals surface area contributed by atoms with Crippen molar-refractivity contribution in [2.24, 2.45) is 0 Å². The number of hydrogen-bond acceptors (Lipinski definition) is 5. The number of anilines is 1. The lowest BCUT2D eigenvalue weighted by molar-refractivity contribution is 0.0952. The normalized spacial score (nSPS) is 20.0. The summed E-state index contributed by atoms with van der Waals surface area (Å²) < 4.78 is 0. The summed E-state index contributed by atoms with van der Waals surface area (Å²) in [4.78, 5) is 21.9. The fourth-order valence-electron chi connectivity index (χ4n) is 4.21. The standard InChI is InChI=1S/C23H31N5O/c29-23(26-10-6-15-27-13-4-5-14-27)20-9-11-25-22(17-20)28-16-12-24-21(18-28)19-7-2-1-3-8-19/h1-3,7-9,11,17,21,24H,4-6,10,12-16,18H2,(H,26,29). The third kappa shape index (κ3) is 5.34. The topological polar surface area (TPSA) is 60.5 Å². The van der Waals surface area contributed by atoms with Crippen molar-refractivity contribution < 1.29 is 4.79 Å². The van der Waals surface area contributed by atoms with Crippen LogP contribution in [0.2, 0.25) is 0 Å². The fourth-order valence-corrected chi connectivity index (χ4v) is 4.21. The van der Waals surface area contributed by atoms with Gasteiger partial charge in [-0.2, -0.15) is 0 Å². The number of amides is 1. The number of likely N-dealkylation sites (tertiary alicyclic amines) is 1. The molecule has 3 heterocycles. The highest BCUT2D eigenvalue weighted by Gasteiger charge is 2.22.